The Morgan fingerprint density at radius 1 is 1.19 bits per heavy atom. The molecule has 11 heteroatoms. The second kappa shape index (κ2) is 8.85. The van der Waals surface area contributed by atoms with E-state index in [0.29, 0.717) is 4.68 Å². The number of hydrogen-bond donors (Lipinski definition) is 1. The molecule has 0 saturated carbocycles. The van der Waals surface area contributed by atoms with Gasteiger partial charge in [0.1, 0.15) is 0 Å². The van der Waals surface area contributed by atoms with Gasteiger partial charge in [-0.1, -0.05) is 18.2 Å². The highest BCUT2D eigenvalue weighted by molar-refractivity contribution is 5.95. The third-order valence-electron chi connectivity index (χ3n) is 5.29. The number of ether oxygens (including phenoxy) is 1. The van der Waals surface area contributed by atoms with Gasteiger partial charge in [0.25, 0.3) is 5.91 Å². The molecule has 1 aliphatic rings. The summed E-state index contributed by atoms with van der Waals surface area (Å²) in [7, 11) is 1.37. The summed E-state index contributed by atoms with van der Waals surface area (Å²) in [6, 6.07) is 12.5. The number of methoxy groups -OCH3 is 1. The van der Waals surface area contributed by atoms with E-state index in [1.165, 1.54) is 19.2 Å². The molecule has 3 aromatic rings. The quantitative estimate of drug-likeness (QED) is 0.627. The van der Waals surface area contributed by atoms with Crippen molar-refractivity contribution in [1.82, 2.24) is 25.3 Å². The van der Waals surface area contributed by atoms with Crippen molar-refractivity contribution in [2.24, 2.45) is 5.92 Å². The first-order valence-electron chi connectivity index (χ1n) is 9.98. The van der Waals surface area contributed by atoms with Gasteiger partial charge in [0.15, 0.2) is 11.5 Å². The number of amides is 1. The molecule has 1 fully saturated rings. The Labute approximate surface area is 182 Å². The Bertz CT molecular complexity index is 1070. The molecule has 1 saturated heterocycles. The van der Waals surface area contributed by atoms with Crippen molar-refractivity contribution in [3.63, 3.8) is 0 Å². The van der Waals surface area contributed by atoms with Crippen LogP contribution in [0.5, 0.6) is 5.88 Å². The number of rotatable bonds is 6. The summed E-state index contributed by atoms with van der Waals surface area (Å²) in [5, 5.41) is 13.7. The molecule has 0 spiro atoms. The minimum atomic E-state index is -4.82. The van der Waals surface area contributed by atoms with Crippen molar-refractivity contribution >= 4 is 11.6 Å². The highest BCUT2D eigenvalue weighted by Gasteiger charge is 2.41. The Kier molecular flexibility index (Phi) is 5.97. The summed E-state index contributed by atoms with van der Waals surface area (Å²) in [5.41, 5.74) is -0.678. The van der Waals surface area contributed by atoms with Crippen LogP contribution in [0.1, 0.15) is 22.5 Å². The van der Waals surface area contributed by atoms with Crippen molar-refractivity contribution < 1.29 is 22.7 Å². The van der Waals surface area contributed by atoms with Gasteiger partial charge < -0.3 is 15.0 Å². The first kappa shape index (κ1) is 21.6. The zero-order chi connectivity index (χ0) is 22.7. The molecule has 3 heterocycles. The summed E-state index contributed by atoms with van der Waals surface area (Å²) in [6.07, 6.45) is -3.08. The molecule has 1 amide bonds. The van der Waals surface area contributed by atoms with E-state index in [9.17, 15) is 18.0 Å². The van der Waals surface area contributed by atoms with Gasteiger partial charge in [0.05, 0.1) is 18.9 Å². The second-order valence-corrected chi connectivity index (χ2v) is 7.40. The Balaban J connectivity index is 1.47. The molecule has 1 aliphatic heterocycles. The number of aromatic nitrogens is 4. The largest absolute Gasteiger partial charge is 0.480 e. The molecule has 168 valence electrons. The molecule has 2 aromatic heterocycles. The molecular weight excluding hydrogens is 425 g/mol. The summed E-state index contributed by atoms with van der Waals surface area (Å²) >= 11 is 0. The van der Waals surface area contributed by atoms with Crippen LogP contribution < -0.4 is 15.0 Å². The van der Waals surface area contributed by atoms with Gasteiger partial charge >= 0.3 is 6.18 Å². The van der Waals surface area contributed by atoms with Gasteiger partial charge in [-0.15, -0.1) is 10.2 Å². The van der Waals surface area contributed by atoms with Crippen molar-refractivity contribution in [3.8, 4) is 11.7 Å². The first-order chi connectivity index (χ1) is 15.4. The van der Waals surface area contributed by atoms with E-state index in [-0.39, 0.29) is 24.2 Å². The maximum Gasteiger partial charge on any atom is 0.434 e. The van der Waals surface area contributed by atoms with Crippen LogP contribution in [0.25, 0.3) is 5.82 Å². The minimum Gasteiger partial charge on any atom is -0.480 e. The number of para-hydroxylation sites is 1. The number of hydrogen-bond acceptors (Lipinski definition) is 6. The van der Waals surface area contributed by atoms with Crippen LogP contribution in [0.15, 0.2) is 48.7 Å². The van der Waals surface area contributed by atoms with Gasteiger partial charge in [-0.2, -0.15) is 18.3 Å². The van der Waals surface area contributed by atoms with E-state index in [1.807, 2.05) is 30.3 Å². The summed E-state index contributed by atoms with van der Waals surface area (Å²) in [5.74, 6) is -0.723. The Morgan fingerprint density at radius 2 is 1.97 bits per heavy atom. The van der Waals surface area contributed by atoms with Crippen molar-refractivity contribution in [2.75, 3.05) is 31.6 Å². The molecule has 32 heavy (non-hydrogen) atoms. The third kappa shape index (κ3) is 4.51. The first-order valence-corrected chi connectivity index (χ1v) is 9.98. The topological polar surface area (TPSA) is 85.2 Å². The number of nitrogens with one attached hydrogen (secondary N) is 1. The second-order valence-electron chi connectivity index (χ2n) is 7.40. The van der Waals surface area contributed by atoms with Crippen molar-refractivity contribution in [1.29, 1.82) is 0 Å². The van der Waals surface area contributed by atoms with Gasteiger partial charge in [-0.05, 0) is 30.5 Å². The molecular formula is C21H21F3N6O2. The lowest BCUT2D eigenvalue weighted by molar-refractivity contribution is -0.143. The van der Waals surface area contributed by atoms with E-state index in [2.05, 4.69) is 25.5 Å². The van der Waals surface area contributed by atoms with E-state index in [1.54, 1.807) is 0 Å². The fraction of sp³-hybridized carbons (Fsp3) is 0.333. The summed E-state index contributed by atoms with van der Waals surface area (Å²) in [6.45, 7) is 1.82. The highest BCUT2D eigenvalue weighted by Crippen LogP contribution is 2.33. The highest BCUT2D eigenvalue weighted by atomic mass is 19.4. The predicted octanol–water partition coefficient (Wildman–Crippen LogP) is 2.95. The maximum absolute atomic E-state index is 13.8. The van der Waals surface area contributed by atoms with Crippen LogP contribution in [0.4, 0.5) is 18.9 Å². The molecule has 1 N–H and O–H groups in total. The number of alkyl halides is 3. The third-order valence-corrected chi connectivity index (χ3v) is 5.29. The SMILES string of the molecule is COc1ccc(-n2ncc(C(=O)NCC3CCN(c4ccccc4)C3)c2C(F)(F)F)nn1. The maximum atomic E-state index is 13.8. The van der Waals surface area contributed by atoms with Gasteiger partial charge in [0.2, 0.25) is 5.88 Å². The van der Waals surface area contributed by atoms with Gasteiger partial charge in [-0.3, -0.25) is 4.79 Å². The molecule has 0 radical (unpaired) electrons. The predicted molar refractivity (Wildman–Crippen MR) is 110 cm³/mol. The van der Waals surface area contributed by atoms with E-state index in [0.717, 1.165) is 31.4 Å². The lowest BCUT2D eigenvalue weighted by Gasteiger charge is -2.18. The van der Waals surface area contributed by atoms with E-state index < -0.39 is 23.3 Å². The van der Waals surface area contributed by atoms with Crippen LogP contribution in [0, 0.1) is 5.92 Å². The minimum absolute atomic E-state index is 0.135. The zero-order valence-corrected chi connectivity index (χ0v) is 17.2. The average Bonchev–Trinajstić information content (AvgIpc) is 3.46. The number of carbonyl (C=O) groups is 1. The smallest absolute Gasteiger partial charge is 0.434 e. The van der Waals surface area contributed by atoms with Gasteiger partial charge in [0, 0.05) is 31.4 Å². The van der Waals surface area contributed by atoms with E-state index >= 15 is 0 Å². The Hall–Kier alpha value is -3.63. The van der Waals surface area contributed by atoms with E-state index in [4.69, 9.17) is 4.74 Å². The standard InChI is InChI=1S/C21H21F3N6O2/c1-32-18-8-7-17(27-28-18)30-19(21(22,23)24)16(12-26-30)20(31)25-11-14-9-10-29(13-14)15-5-3-2-4-6-15/h2-8,12,14H,9-11,13H2,1H3,(H,25,31). The normalized spacial score (nSPS) is 16.2. The molecule has 4 rings (SSSR count). The molecule has 1 unspecified atom stereocenters. The summed E-state index contributed by atoms with van der Waals surface area (Å²) in [4.78, 5) is 14.8. The number of anilines is 1. The lowest BCUT2D eigenvalue weighted by Crippen LogP contribution is -2.32. The summed E-state index contributed by atoms with van der Waals surface area (Å²) < 4.78 is 46.8. The van der Waals surface area contributed by atoms with Crippen LogP contribution in [0.3, 0.4) is 0 Å². The fourth-order valence-electron chi connectivity index (χ4n) is 3.70. The monoisotopic (exact) mass is 446 g/mol. The zero-order valence-electron chi connectivity index (χ0n) is 17.2. The fourth-order valence-corrected chi connectivity index (χ4v) is 3.70. The molecule has 0 bridgehead atoms. The molecule has 1 aromatic carbocycles. The molecule has 1 atom stereocenters. The molecule has 0 aliphatic carbocycles. The number of halogens is 3. The van der Waals surface area contributed by atoms with Crippen LogP contribution in [-0.2, 0) is 6.18 Å². The number of carbonyl (C=O) groups excluding carboxylic acids is 1. The Morgan fingerprint density at radius 3 is 2.62 bits per heavy atom. The van der Waals surface area contributed by atoms with Crippen LogP contribution in [-0.4, -0.2) is 52.6 Å². The molecule has 8 nitrogen and oxygen atoms in total. The average molecular weight is 446 g/mol. The van der Waals surface area contributed by atoms with Gasteiger partial charge in [-0.25, -0.2) is 4.68 Å². The van der Waals surface area contributed by atoms with Crippen molar-refractivity contribution in [3.05, 3.63) is 59.9 Å². The van der Waals surface area contributed by atoms with Crippen LogP contribution >= 0.6 is 0 Å². The van der Waals surface area contributed by atoms with Crippen LogP contribution in [0.2, 0.25) is 0 Å². The van der Waals surface area contributed by atoms with Crippen molar-refractivity contribution in [2.45, 2.75) is 12.6 Å². The lowest BCUT2D eigenvalue weighted by atomic mass is 10.1. The number of nitrogens with zero attached hydrogens (tertiary/aromatic N) is 5. The number of benzene rings is 1.